The third-order valence-corrected chi connectivity index (χ3v) is 6.30. The molecule has 142 valence electrons. The molecule has 0 aliphatic heterocycles. The van der Waals surface area contributed by atoms with Gasteiger partial charge in [0.15, 0.2) is 0 Å². The first kappa shape index (κ1) is 19.9. The van der Waals surface area contributed by atoms with Crippen LogP contribution in [0.4, 0.5) is 13.6 Å². The molecule has 1 aromatic heterocycles. The molecule has 0 saturated heterocycles. The minimum atomic E-state index is -3.32. The topological polar surface area (TPSA) is 109 Å². The summed E-state index contributed by atoms with van der Waals surface area (Å²) in [4.78, 5) is 15.3. The van der Waals surface area contributed by atoms with Gasteiger partial charge in [0.2, 0.25) is 0 Å². The number of carbonyl (C=O) groups is 1. The van der Waals surface area contributed by atoms with Crippen molar-refractivity contribution in [3.05, 3.63) is 48.1 Å². The number of aliphatic hydroxyl groups is 1. The Kier molecular flexibility index (Phi) is 5.71. The lowest BCUT2D eigenvalue weighted by Crippen LogP contribution is -2.46. The largest absolute Gasteiger partial charge is 0.382 e. The van der Waals surface area contributed by atoms with E-state index in [4.69, 9.17) is 0 Å². The Morgan fingerprint density at radius 1 is 1.50 bits per heavy atom. The van der Waals surface area contributed by atoms with Gasteiger partial charge in [0.1, 0.15) is 29.9 Å². The van der Waals surface area contributed by atoms with Crippen LogP contribution in [0.25, 0.3) is 0 Å². The second-order valence-corrected chi connectivity index (χ2v) is 8.40. The Bertz CT molecular complexity index is 912. The van der Waals surface area contributed by atoms with Gasteiger partial charge in [-0.2, -0.15) is 5.10 Å². The number of amides is 2. The summed E-state index contributed by atoms with van der Waals surface area (Å²) in [5, 5.41) is 16.2. The smallest absolute Gasteiger partial charge is 0.348 e. The van der Waals surface area contributed by atoms with Crippen molar-refractivity contribution in [2.75, 3.05) is 13.3 Å². The number of halogens is 2. The first-order valence-electron chi connectivity index (χ1n) is 7.53. The highest BCUT2D eigenvalue weighted by Crippen LogP contribution is 2.34. The number of hydrogen-bond donors (Lipinski definition) is 2. The van der Waals surface area contributed by atoms with Gasteiger partial charge in [-0.05, 0) is 13.0 Å². The summed E-state index contributed by atoms with van der Waals surface area (Å²) < 4.78 is 45.4. The lowest BCUT2D eigenvalue weighted by Gasteiger charge is -2.35. The zero-order chi connectivity index (χ0) is 19.5. The summed E-state index contributed by atoms with van der Waals surface area (Å²) in [7, 11) is -2.00. The van der Waals surface area contributed by atoms with E-state index in [2.05, 4.69) is 19.8 Å². The number of nitrogens with one attached hydrogen (secondary N) is 1. The average molecular weight is 387 g/mol. The maximum Gasteiger partial charge on any atom is 0.348 e. The zero-order valence-electron chi connectivity index (χ0n) is 14.4. The van der Waals surface area contributed by atoms with Gasteiger partial charge >= 0.3 is 6.03 Å². The molecule has 0 aliphatic carbocycles. The summed E-state index contributed by atoms with van der Waals surface area (Å²) >= 11 is 0. The lowest BCUT2D eigenvalue weighted by molar-refractivity contribution is 0.0119. The Balaban J connectivity index is 2.62. The molecule has 2 rings (SSSR count). The molecule has 0 fully saturated rings. The summed E-state index contributed by atoms with van der Waals surface area (Å²) in [6, 6.07) is 1.81. The summed E-state index contributed by atoms with van der Waals surface area (Å²) in [5.74, 6) is -1.84. The van der Waals surface area contributed by atoms with E-state index in [-0.39, 0.29) is 12.1 Å². The van der Waals surface area contributed by atoms with E-state index in [0.717, 1.165) is 12.1 Å². The highest BCUT2D eigenvalue weighted by molar-refractivity contribution is 7.93. The molecule has 0 spiro atoms. The number of aromatic nitrogens is 3. The van der Waals surface area contributed by atoms with Gasteiger partial charge in [0.05, 0.1) is 21.5 Å². The zero-order valence-corrected chi connectivity index (χ0v) is 15.2. The van der Waals surface area contributed by atoms with E-state index in [1.807, 2.05) is 0 Å². The SMILES string of the molecule is CNC(=O)N=[S@](C)(=O)[C@H](C)[C@](O)(Cn1cncn1)c1ccc(F)cc1F. The van der Waals surface area contributed by atoms with Crippen molar-refractivity contribution in [3.8, 4) is 0 Å². The monoisotopic (exact) mass is 387 g/mol. The van der Waals surface area contributed by atoms with Crippen molar-refractivity contribution in [2.24, 2.45) is 4.36 Å². The third kappa shape index (κ3) is 4.05. The Morgan fingerprint density at radius 3 is 2.73 bits per heavy atom. The normalized spacial score (nSPS) is 17.0. The molecular weight excluding hydrogens is 368 g/mol. The lowest BCUT2D eigenvalue weighted by atomic mass is 9.90. The molecule has 0 unspecified atom stereocenters. The van der Waals surface area contributed by atoms with Crippen LogP contribution in [-0.4, -0.2) is 48.7 Å². The summed E-state index contributed by atoms with van der Waals surface area (Å²) in [6.07, 6.45) is 3.68. The van der Waals surface area contributed by atoms with E-state index in [9.17, 15) is 22.9 Å². The van der Waals surface area contributed by atoms with Crippen molar-refractivity contribution < 1.29 is 22.9 Å². The molecular formula is C15H19F2N5O3S. The maximum atomic E-state index is 14.4. The number of hydrogen-bond acceptors (Lipinski definition) is 5. The first-order valence-corrected chi connectivity index (χ1v) is 9.52. The van der Waals surface area contributed by atoms with Crippen LogP contribution < -0.4 is 5.32 Å². The van der Waals surface area contributed by atoms with Crippen molar-refractivity contribution >= 4 is 15.8 Å². The Morgan fingerprint density at radius 2 is 2.19 bits per heavy atom. The van der Waals surface area contributed by atoms with E-state index < -0.39 is 38.2 Å². The molecule has 2 N–H and O–H groups in total. The van der Waals surface area contributed by atoms with Crippen molar-refractivity contribution in [3.63, 3.8) is 0 Å². The fourth-order valence-electron chi connectivity index (χ4n) is 2.49. The molecule has 1 aromatic carbocycles. The van der Waals surface area contributed by atoms with E-state index in [1.165, 1.54) is 37.6 Å². The van der Waals surface area contributed by atoms with Gasteiger partial charge in [-0.25, -0.2) is 27.5 Å². The molecule has 26 heavy (non-hydrogen) atoms. The van der Waals surface area contributed by atoms with Crippen LogP contribution in [0.1, 0.15) is 12.5 Å². The Hall–Kier alpha value is -2.40. The fourth-order valence-corrected chi connectivity index (χ4v) is 3.99. The predicted octanol–water partition coefficient (Wildman–Crippen LogP) is 1.27. The number of carbonyl (C=O) groups excluding carboxylic acids is 1. The molecule has 2 aromatic rings. The molecule has 0 aliphatic rings. The van der Waals surface area contributed by atoms with Crippen LogP contribution in [-0.2, 0) is 21.9 Å². The quantitative estimate of drug-likeness (QED) is 0.803. The van der Waals surface area contributed by atoms with Gasteiger partial charge in [0, 0.05) is 24.9 Å². The minimum Gasteiger partial charge on any atom is -0.382 e. The molecule has 8 nitrogen and oxygen atoms in total. The van der Waals surface area contributed by atoms with E-state index in [0.29, 0.717) is 6.07 Å². The van der Waals surface area contributed by atoms with Crippen molar-refractivity contribution in [2.45, 2.75) is 24.3 Å². The number of benzene rings is 1. The van der Waals surface area contributed by atoms with Gasteiger partial charge in [-0.15, -0.1) is 4.36 Å². The molecule has 2 amide bonds. The molecule has 1 heterocycles. The summed E-state index contributed by atoms with van der Waals surface area (Å²) in [5.41, 5.74) is -2.39. The van der Waals surface area contributed by atoms with E-state index in [1.54, 1.807) is 0 Å². The van der Waals surface area contributed by atoms with Crippen LogP contribution >= 0.6 is 0 Å². The highest BCUT2D eigenvalue weighted by atomic mass is 32.2. The number of nitrogens with zero attached hydrogens (tertiary/aromatic N) is 4. The standard InChI is InChI=1S/C15H19F2N5O3S/c1-10(26(3,25)21-14(23)18-2)15(24,7-22-9-19-8-20-22)12-5-4-11(16)6-13(12)17/h4-6,8-10,24H,7H2,1-3H3,(H,18,23)/t10-,15-,26-/m1/s1. The minimum absolute atomic E-state index is 0.288. The first-order chi connectivity index (χ1) is 12.1. The van der Waals surface area contributed by atoms with Crippen LogP contribution in [0.3, 0.4) is 0 Å². The average Bonchev–Trinajstić information content (AvgIpc) is 3.06. The second kappa shape index (κ2) is 7.46. The highest BCUT2D eigenvalue weighted by Gasteiger charge is 2.43. The molecule has 3 atom stereocenters. The number of urea groups is 1. The van der Waals surface area contributed by atoms with Crippen LogP contribution in [0.2, 0.25) is 0 Å². The maximum absolute atomic E-state index is 14.4. The Labute approximate surface area is 149 Å². The molecule has 11 heteroatoms. The van der Waals surface area contributed by atoms with Gasteiger partial charge in [0.25, 0.3) is 0 Å². The van der Waals surface area contributed by atoms with Crippen LogP contribution in [0, 0.1) is 11.6 Å². The molecule has 0 bridgehead atoms. The number of rotatable bonds is 5. The van der Waals surface area contributed by atoms with E-state index >= 15 is 0 Å². The third-order valence-electron chi connectivity index (χ3n) is 4.07. The van der Waals surface area contributed by atoms with Gasteiger partial charge in [-0.1, -0.05) is 6.07 Å². The summed E-state index contributed by atoms with van der Waals surface area (Å²) in [6.45, 7) is 1.04. The second-order valence-electron chi connectivity index (χ2n) is 5.79. The van der Waals surface area contributed by atoms with Crippen LogP contribution in [0.15, 0.2) is 35.2 Å². The van der Waals surface area contributed by atoms with Crippen LogP contribution in [0.5, 0.6) is 0 Å². The van der Waals surface area contributed by atoms with Crippen molar-refractivity contribution in [1.29, 1.82) is 0 Å². The molecule has 0 radical (unpaired) electrons. The molecule has 0 saturated carbocycles. The predicted molar refractivity (Wildman–Crippen MR) is 90.7 cm³/mol. The van der Waals surface area contributed by atoms with Gasteiger partial charge in [-0.3, -0.25) is 0 Å². The van der Waals surface area contributed by atoms with Gasteiger partial charge < -0.3 is 10.4 Å². The fraction of sp³-hybridized carbons (Fsp3) is 0.400. The van der Waals surface area contributed by atoms with Crippen molar-refractivity contribution in [1.82, 2.24) is 20.1 Å².